The molecule has 1 nitrogen and oxygen atoms in total. The Balaban J connectivity index is 2.27. The lowest BCUT2D eigenvalue weighted by molar-refractivity contribution is 0.609. The van der Waals surface area contributed by atoms with Crippen LogP contribution < -0.4 is 5.32 Å². The van der Waals surface area contributed by atoms with Crippen molar-refractivity contribution in [3.8, 4) is 11.1 Å². The van der Waals surface area contributed by atoms with Crippen LogP contribution in [0.3, 0.4) is 0 Å². The molecule has 1 N–H and O–H groups in total. The molecule has 0 aliphatic carbocycles. The summed E-state index contributed by atoms with van der Waals surface area (Å²) < 4.78 is 28.5. The predicted molar refractivity (Wildman–Crippen MR) is 81.5 cm³/mol. The normalized spacial score (nSPS) is 10.8. The Bertz CT molecular complexity index is 599. The van der Waals surface area contributed by atoms with Crippen LogP contribution in [0.25, 0.3) is 11.1 Å². The maximum atomic E-state index is 14.1. The molecule has 0 saturated carbocycles. The molecule has 0 aromatic heterocycles. The van der Waals surface area contributed by atoms with Crippen LogP contribution in [0.5, 0.6) is 0 Å². The molecule has 20 heavy (non-hydrogen) atoms. The molecule has 0 radical (unpaired) electrons. The van der Waals surface area contributed by atoms with Crippen molar-refractivity contribution in [1.29, 1.82) is 0 Å². The van der Waals surface area contributed by atoms with Gasteiger partial charge < -0.3 is 5.32 Å². The van der Waals surface area contributed by atoms with Gasteiger partial charge >= 0.3 is 0 Å². The van der Waals surface area contributed by atoms with Crippen molar-refractivity contribution in [2.75, 3.05) is 6.54 Å². The van der Waals surface area contributed by atoms with E-state index < -0.39 is 11.6 Å². The summed E-state index contributed by atoms with van der Waals surface area (Å²) >= 11 is 3.12. The van der Waals surface area contributed by atoms with Gasteiger partial charge in [0.25, 0.3) is 0 Å². The van der Waals surface area contributed by atoms with Crippen molar-refractivity contribution >= 4 is 15.9 Å². The van der Waals surface area contributed by atoms with Gasteiger partial charge in [-0.05, 0) is 46.6 Å². The summed E-state index contributed by atoms with van der Waals surface area (Å²) in [7, 11) is 0. The number of rotatable bonds is 5. The Labute approximate surface area is 126 Å². The number of nitrogens with one attached hydrogen (secondary N) is 1. The molecule has 0 bridgehead atoms. The van der Waals surface area contributed by atoms with E-state index >= 15 is 0 Å². The largest absolute Gasteiger partial charge is 0.313 e. The second-order valence-corrected chi connectivity index (χ2v) is 5.45. The quantitative estimate of drug-likeness (QED) is 0.764. The second kappa shape index (κ2) is 6.95. The van der Waals surface area contributed by atoms with E-state index in [1.807, 2.05) is 6.07 Å². The fraction of sp³-hybridized carbons (Fsp3) is 0.250. The minimum atomic E-state index is -0.441. The van der Waals surface area contributed by atoms with Gasteiger partial charge in [-0.3, -0.25) is 0 Å². The van der Waals surface area contributed by atoms with Crippen LogP contribution in [-0.4, -0.2) is 6.54 Å². The van der Waals surface area contributed by atoms with Crippen LogP contribution in [0.4, 0.5) is 8.78 Å². The molecule has 0 atom stereocenters. The third-order valence-electron chi connectivity index (χ3n) is 3.03. The molecular formula is C16H16BrF2N. The second-order valence-electron chi connectivity index (χ2n) is 4.59. The van der Waals surface area contributed by atoms with Gasteiger partial charge in [-0.25, -0.2) is 8.78 Å². The van der Waals surface area contributed by atoms with E-state index in [1.54, 1.807) is 24.3 Å². The van der Waals surface area contributed by atoms with E-state index in [4.69, 9.17) is 0 Å². The van der Waals surface area contributed by atoms with Crippen LogP contribution in [0.2, 0.25) is 0 Å². The van der Waals surface area contributed by atoms with Gasteiger partial charge in [0.1, 0.15) is 11.6 Å². The molecule has 0 aliphatic heterocycles. The molecule has 0 spiro atoms. The van der Waals surface area contributed by atoms with Crippen LogP contribution >= 0.6 is 15.9 Å². The van der Waals surface area contributed by atoms with E-state index in [0.29, 0.717) is 11.0 Å². The van der Waals surface area contributed by atoms with Gasteiger partial charge in [-0.2, -0.15) is 0 Å². The summed E-state index contributed by atoms with van der Waals surface area (Å²) in [5.41, 5.74) is 1.41. The Morgan fingerprint density at radius 1 is 1.10 bits per heavy atom. The van der Waals surface area contributed by atoms with Gasteiger partial charge in [0.15, 0.2) is 0 Å². The number of hydrogen-bond donors (Lipinski definition) is 1. The lowest BCUT2D eigenvalue weighted by atomic mass is 10.0. The van der Waals surface area contributed by atoms with Gasteiger partial charge in [0, 0.05) is 17.7 Å². The predicted octanol–water partition coefficient (Wildman–Crippen LogP) is 4.89. The lowest BCUT2D eigenvalue weighted by Gasteiger charge is -2.09. The highest BCUT2D eigenvalue weighted by atomic mass is 79.9. The highest BCUT2D eigenvalue weighted by Gasteiger charge is 2.12. The fourth-order valence-electron chi connectivity index (χ4n) is 2.01. The molecule has 0 fully saturated rings. The molecule has 0 aliphatic rings. The molecule has 106 valence electrons. The Hall–Kier alpha value is -1.26. The molecular weight excluding hydrogens is 324 g/mol. The summed E-state index contributed by atoms with van der Waals surface area (Å²) in [4.78, 5) is 0. The maximum absolute atomic E-state index is 14.1. The summed E-state index contributed by atoms with van der Waals surface area (Å²) in [6.07, 6.45) is 1.03. The Kier molecular flexibility index (Phi) is 5.26. The van der Waals surface area contributed by atoms with Crippen molar-refractivity contribution in [3.63, 3.8) is 0 Å². The molecule has 0 saturated heterocycles. The molecule has 2 aromatic rings. The zero-order valence-corrected chi connectivity index (χ0v) is 12.8. The van der Waals surface area contributed by atoms with Gasteiger partial charge in [-0.15, -0.1) is 0 Å². The summed E-state index contributed by atoms with van der Waals surface area (Å²) in [6.45, 7) is 3.59. The summed E-state index contributed by atoms with van der Waals surface area (Å²) in [5, 5.41) is 3.21. The van der Waals surface area contributed by atoms with Crippen molar-refractivity contribution in [2.24, 2.45) is 0 Å². The first kappa shape index (κ1) is 15.1. The minimum Gasteiger partial charge on any atom is -0.313 e. The van der Waals surface area contributed by atoms with Gasteiger partial charge in [-0.1, -0.05) is 31.2 Å². The third-order valence-corrected chi connectivity index (χ3v) is 3.64. The topological polar surface area (TPSA) is 12.0 Å². The van der Waals surface area contributed by atoms with Crippen LogP contribution in [0.1, 0.15) is 18.9 Å². The average molecular weight is 340 g/mol. The third kappa shape index (κ3) is 3.44. The first-order valence-electron chi connectivity index (χ1n) is 6.57. The van der Waals surface area contributed by atoms with Crippen LogP contribution in [0.15, 0.2) is 40.9 Å². The molecule has 0 heterocycles. The van der Waals surface area contributed by atoms with Crippen molar-refractivity contribution < 1.29 is 8.78 Å². The van der Waals surface area contributed by atoms with Crippen LogP contribution in [-0.2, 0) is 6.54 Å². The molecule has 0 amide bonds. The standard InChI is InChI=1S/C16H16BrF2N/c1-2-8-20-10-11-6-7-12(15(18)9-11)13-4-3-5-14(17)16(13)19/h3-7,9,20H,2,8,10H2,1H3. The van der Waals surface area contributed by atoms with E-state index in [1.165, 1.54) is 6.07 Å². The Morgan fingerprint density at radius 3 is 2.60 bits per heavy atom. The number of benzene rings is 2. The minimum absolute atomic E-state index is 0.268. The smallest absolute Gasteiger partial charge is 0.145 e. The maximum Gasteiger partial charge on any atom is 0.145 e. The van der Waals surface area contributed by atoms with Crippen molar-refractivity contribution in [3.05, 3.63) is 58.1 Å². The zero-order chi connectivity index (χ0) is 14.5. The fourth-order valence-corrected chi connectivity index (χ4v) is 2.37. The number of hydrogen-bond acceptors (Lipinski definition) is 1. The molecule has 2 aromatic carbocycles. The molecule has 4 heteroatoms. The highest BCUT2D eigenvalue weighted by Crippen LogP contribution is 2.30. The highest BCUT2D eigenvalue weighted by molar-refractivity contribution is 9.10. The van der Waals surface area contributed by atoms with Gasteiger partial charge in [0.2, 0.25) is 0 Å². The first-order valence-corrected chi connectivity index (χ1v) is 7.36. The molecule has 2 rings (SSSR count). The summed E-state index contributed by atoms with van der Waals surface area (Å²) in [5.74, 6) is -0.846. The van der Waals surface area contributed by atoms with E-state index in [9.17, 15) is 8.78 Å². The van der Waals surface area contributed by atoms with Crippen LogP contribution in [0, 0.1) is 11.6 Å². The zero-order valence-electron chi connectivity index (χ0n) is 11.2. The average Bonchev–Trinajstić information content (AvgIpc) is 2.43. The first-order chi connectivity index (χ1) is 9.63. The van der Waals surface area contributed by atoms with E-state index in [-0.39, 0.29) is 11.1 Å². The lowest BCUT2D eigenvalue weighted by Crippen LogP contribution is -2.13. The monoisotopic (exact) mass is 339 g/mol. The number of halogens is 3. The van der Waals surface area contributed by atoms with Crippen molar-refractivity contribution in [1.82, 2.24) is 5.32 Å². The Morgan fingerprint density at radius 2 is 1.90 bits per heavy atom. The van der Waals surface area contributed by atoms with Crippen molar-refractivity contribution in [2.45, 2.75) is 19.9 Å². The summed E-state index contributed by atoms with van der Waals surface area (Å²) in [6, 6.07) is 9.77. The van der Waals surface area contributed by atoms with E-state index in [2.05, 4.69) is 28.2 Å². The van der Waals surface area contributed by atoms with E-state index in [0.717, 1.165) is 18.5 Å². The van der Waals surface area contributed by atoms with Gasteiger partial charge in [0.05, 0.1) is 4.47 Å². The molecule has 0 unspecified atom stereocenters. The SMILES string of the molecule is CCCNCc1ccc(-c2cccc(Br)c2F)c(F)c1.